The van der Waals surface area contributed by atoms with Gasteiger partial charge in [-0.3, -0.25) is 14.9 Å². The normalized spacial score (nSPS) is 18.6. The summed E-state index contributed by atoms with van der Waals surface area (Å²) in [6, 6.07) is 6.22. The van der Waals surface area contributed by atoms with E-state index in [0.29, 0.717) is 0 Å². The Kier molecular flexibility index (Phi) is 5.49. The minimum Gasteiger partial charge on any atom is -0.493 e. The van der Waals surface area contributed by atoms with E-state index in [1.807, 2.05) is 0 Å². The second-order valence-corrected chi connectivity index (χ2v) is 6.29. The van der Waals surface area contributed by atoms with Crippen LogP contribution in [0.3, 0.4) is 0 Å². The van der Waals surface area contributed by atoms with Crippen LogP contribution >= 0.6 is 0 Å². The van der Waals surface area contributed by atoms with Gasteiger partial charge in [0.1, 0.15) is 5.82 Å². The molecule has 0 aromatic heterocycles. The summed E-state index contributed by atoms with van der Waals surface area (Å²) >= 11 is 0. The summed E-state index contributed by atoms with van der Waals surface area (Å²) in [5, 5.41) is 2.97. The van der Waals surface area contributed by atoms with E-state index < -0.39 is 41.2 Å². The summed E-state index contributed by atoms with van der Waals surface area (Å²) in [6.45, 7) is 0. The van der Waals surface area contributed by atoms with Gasteiger partial charge in [-0.15, -0.1) is 0 Å². The minimum atomic E-state index is -5.45. The largest absolute Gasteiger partial charge is 0.493 e. The van der Waals surface area contributed by atoms with Crippen molar-refractivity contribution in [2.24, 2.45) is 0 Å². The van der Waals surface area contributed by atoms with Gasteiger partial charge in [0.15, 0.2) is 11.5 Å². The number of amides is 4. The maximum Gasteiger partial charge on any atom is 0.440 e. The quantitative estimate of drug-likeness (QED) is 0.549. The number of alkyl halides is 3. The maximum absolute atomic E-state index is 14.1. The molecule has 3 rings (SSSR count). The molecule has 1 fully saturated rings. The monoisotopic (exact) mass is 441 g/mol. The van der Waals surface area contributed by atoms with Gasteiger partial charge in [0.05, 0.1) is 19.9 Å². The molecule has 1 aliphatic heterocycles. The SMILES string of the molecule is COc1ccc(C(=O)N[C@@]2(C(F)(F)F)NC(=O)N(c3ccccc3F)C2=O)cc1OC. The predicted molar refractivity (Wildman–Crippen MR) is 98.2 cm³/mol. The van der Waals surface area contributed by atoms with Crippen LogP contribution in [0.1, 0.15) is 10.4 Å². The first-order valence-electron chi connectivity index (χ1n) is 8.58. The van der Waals surface area contributed by atoms with Gasteiger partial charge in [-0.25, -0.2) is 14.1 Å². The number of methoxy groups -OCH3 is 2. The van der Waals surface area contributed by atoms with Gasteiger partial charge >= 0.3 is 12.2 Å². The van der Waals surface area contributed by atoms with Crippen molar-refractivity contribution in [3.63, 3.8) is 0 Å². The third-order valence-electron chi connectivity index (χ3n) is 4.49. The zero-order valence-electron chi connectivity index (χ0n) is 16.0. The van der Waals surface area contributed by atoms with E-state index in [9.17, 15) is 31.9 Å². The highest BCUT2D eigenvalue weighted by atomic mass is 19.4. The van der Waals surface area contributed by atoms with Crippen molar-refractivity contribution in [3.8, 4) is 11.5 Å². The number of rotatable bonds is 5. The lowest BCUT2D eigenvalue weighted by molar-refractivity contribution is -0.197. The number of halogens is 4. The number of hydrogen-bond donors (Lipinski definition) is 2. The van der Waals surface area contributed by atoms with Gasteiger partial charge in [-0.1, -0.05) is 12.1 Å². The van der Waals surface area contributed by atoms with Crippen molar-refractivity contribution >= 4 is 23.5 Å². The second-order valence-electron chi connectivity index (χ2n) is 6.29. The first-order chi connectivity index (χ1) is 14.6. The molecule has 0 radical (unpaired) electrons. The lowest BCUT2D eigenvalue weighted by Gasteiger charge is -2.30. The van der Waals surface area contributed by atoms with Crippen LogP contribution < -0.4 is 25.0 Å². The zero-order chi connectivity index (χ0) is 23.0. The number of carbonyl (C=O) groups is 3. The number of carbonyl (C=O) groups excluding carboxylic acids is 3. The minimum absolute atomic E-state index is 0.0162. The molecule has 0 bridgehead atoms. The number of ether oxygens (including phenoxy) is 2. The van der Waals surface area contributed by atoms with Crippen molar-refractivity contribution in [2.75, 3.05) is 19.1 Å². The Bertz CT molecular complexity index is 1060. The molecule has 1 aliphatic rings. The van der Waals surface area contributed by atoms with Crippen molar-refractivity contribution in [2.45, 2.75) is 11.8 Å². The van der Waals surface area contributed by atoms with E-state index in [1.165, 1.54) is 43.1 Å². The summed E-state index contributed by atoms with van der Waals surface area (Å²) in [7, 11) is 2.57. The summed E-state index contributed by atoms with van der Waals surface area (Å²) in [6.07, 6.45) is -5.45. The average Bonchev–Trinajstić information content (AvgIpc) is 2.98. The first-order valence-corrected chi connectivity index (χ1v) is 8.58. The Balaban J connectivity index is 2.01. The van der Waals surface area contributed by atoms with Crippen LogP contribution in [0.25, 0.3) is 0 Å². The van der Waals surface area contributed by atoms with Crippen LogP contribution in [-0.2, 0) is 4.79 Å². The fourth-order valence-electron chi connectivity index (χ4n) is 2.95. The molecule has 1 saturated heterocycles. The van der Waals surface area contributed by atoms with E-state index in [4.69, 9.17) is 9.47 Å². The molecule has 0 spiro atoms. The van der Waals surface area contributed by atoms with E-state index in [1.54, 1.807) is 0 Å². The molecule has 1 atom stereocenters. The number of anilines is 1. The molecule has 12 heteroatoms. The lowest BCUT2D eigenvalue weighted by Crippen LogP contribution is -2.69. The van der Waals surface area contributed by atoms with E-state index >= 15 is 0 Å². The summed E-state index contributed by atoms with van der Waals surface area (Å²) in [5.74, 6) is -4.10. The fraction of sp³-hybridized carbons (Fsp3) is 0.211. The van der Waals surface area contributed by atoms with E-state index in [2.05, 4.69) is 0 Å². The molecular formula is C19H15F4N3O5. The summed E-state index contributed by atoms with van der Waals surface area (Å²) in [5.41, 5.74) is -4.82. The van der Waals surface area contributed by atoms with Crippen LogP contribution in [0, 0.1) is 5.82 Å². The van der Waals surface area contributed by atoms with Crippen LogP contribution in [0.5, 0.6) is 11.5 Å². The lowest BCUT2D eigenvalue weighted by atomic mass is 10.1. The highest BCUT2D eigenvalue weighted by Crippen LogP contribution is 2.37. The topological polar surface area (TPSA) is 97.0 Å². The van der Waals surface area contributed by atoms with E-state index in [0.717, 1.165) is 24.3 Å². The van der Waals surface area contributed by atoms with Crippen molar-refractivity contribution in [1.82, 2.24) is 10.6 Å². The fourth-order valence-corrected chi connectivity index (χ4v) is 2.95. The number of para-hydroxylation sites is 1. The summed E-state index contributed by atoms with van der Waals surface area (Å²) < 4.78 is 65.9. The molecule has 2 aromatic carbocycles. The Morgan fingerprint density at radius 3 is 2.29 bits per heavy atom. The highest BCUT2D eigenvalue weighted by molar-refractivity contribution is 6.24. The number of imide groups is 1. The van der Waals surface area contributed by atoms with Crippen LogP contribution in [0.15, 0.2) is 42.5 Å². The number of nitrogens with zero attached hydrogens (tertiary/aromatic N) is 1. The van der Waals surface area contributed by atoms with Crippen molar-refractivity contribution in [1.29, 1.82) is 0 Å². The standard InChI is InChI=1S/C19H15F4N3O5/c1-30-13-8-7-10(9-14(13)31-2)15(27)24-18(19(21,22)23)16(28)26(17(29)25-18)12-6-4-3-5-11(12)20/h3-9H,1-2H3,(H,24,27)(H,25,29)/t18-/m1/s1. The Labute approximate surface area is 172 Å². The van der Waals surface area contributed by atoms with Gasteiger partial charge in [-0.2, -0.15) is 13.2 Å². The molecule has 164 valence electrons. The predicted octanol–water partition coefficient (Wildman–Crippen LogP) is 2.59. The highest BCUT2D eigenvalue weighted by Gasteiger charge is 2.69. The van der Waals surface area contributed by atoms with Gasteiger partial charge in [0, 0.05) is 5.56 Å². The maximum atomic E-state index is 14.1. The Morgan fingerprint density at radius 2 is 1.71 bits per heavy atom. The molecular weight excluding hydrogens is 426 g/mol. The number of nitrogens with one attached hydrogen (secondary N) is 2. The van der Waals surface area contributed by atoms with Crippen molar-refractivity contribution < 1.29 is 41.4 Å². The number of benzene rings is 2. The molecule has 0 saturated carbocycles. The summed E-state index contributed by atoms with van der Waals surface area (Å²) in [4.78, 5) is 37.5. The third-order valence-corrected chi connectivity index (χ3v) is 4.49. The average molecular weight is 441 g/mol. The van der Waals surface area contributed by atoms with Gasteiger partial charge in [0.2, 0.25) is 0 Å². The third kappa shape index (κ3) is 3.60. The van der Waals surface area contributed by atoms with Gasteiger partial charge < -0.3 is 14.8 Å². The van der Waals surface area contributed by atoms with E-state index in [-0.39, 0.29) is 22.0 Å². The van der Waals surface area contributed by atoms with Crippen molar-refractivity contribution in [3.05, 3.63) is 53.8 Å². The van der Waals surface area contributed by atoms with Gasteiger partial charge in [0.25, 0.3) is 17.5 Å². The number of urea groups is 1. The van der Waals surface area contributed by atoms with Crippen LogP contribution in [-0.4, -0.2) is 43.9 Å². The van der Waals surface area contributed by atoms with Gasteiger partial charge in [-0.05, 0) is 30.3 Å². The molecule has 0 aliphatic carbocycles. The second kappa shape index (κ2) is 7.78. The molecule has 8 nitrogen and oxygen atoms in total. The smallest absolute Gasteiger partial charge is 0.440 e. The molecule has 2 aromatic rings. The van der Waals surface area contributed by atoms with Crippen LogP contribution in [0.2, 0.25) is 0 Å². The molecule has 31 heavy (non-hydrogen) atoms. The molecule has 0 unspecified atom stereocenters. The first kappa shape index (κ1) is 21.9. The molecule has 1 heterocycles. The van der Waals surface area contributed by atoms with Crippen LogP contribution in [0.4, 0.5) is 28.0 Å². The molecule has 4 amide bonds. The zero-order valence-corrected chi connectivity index (χ0v) is 16.0. The Hall–Kier alpha value is -3.83. The Morgan fingerprint density at radius 1 is 1.06 bits per heavy atom. The molecule has 2 N–H and O–H groups in total. The number of hydrogen-bond acceptors (Lipinski definition) is 5.